The zero-order valence-corrected chi connectivity index (χ0v) is 34.1. The quantitative estimate of drug-likeness (QED) is 0.158. The average molecular weight is 792 g/mol. The molecule has 0 saturated heterocycles. The molecule has 0 aliphatic heterocycles. The van der Waals surface area contributed by atoms with Crippen LogP contribution in [0.15, 0.2) is 224 Å². The monoisotopic (exact) mass is 791 g/mol. The van der Waals surface area contributed by atoms with Gasteiger partial charge in [-0.2, -0.15) is 0 Å². The van der Waals surface area contributed by atoms with Gasteiger partial charge in [0.05, 0.1) is 33.5 Å². The van der Waals surface area contributed by atoms with E-state index in [0.717, 1.165) is 57.9 Å². The highest BCUT2D eigenvalue weighted by Gasteiger charge is 2.16. The lowest BCUT2D eigenvalue weighted by atomic mass is 9.93. The Morgan fingerprint density at radius 2 is 0.742 bits per heavy atom. The Morgan fingerprint density at radius 3 is 1.15 bits per heavy atom. The molecule has 1 aliphatic rings. The van der Waals surface area contributed by atoms with Crippen molar-refractivity contribution in [3.8, 4) is 56.1 Å². The van der Waals surface area contributed by atoms with Crippen molar-refractivity contribution in [3.63, 3.8) is 0 Å². The van der Waals surface area contributed by atoms with Crippen LogP contribution in [0.5, 0.6) is 0 Å². The van der Waals surface area contributed by atoms with Gasteiger partial charge in [0, 0.05) is 44.0 Å². The van der Waals surface area contributed by atoms with E-state index in [2.05, 4.69) is 234 Å². The third kappa shape index (κ3) is 6.17. The predicted molar refractivity (Wildman–Crippen MR) is 261 cm³/mol. The summed E-state index contributed by atoms with van der Waals surface area (Å²) in [6, 6.07) is 74.8. The zero-order valence-electron chi connectivity index (χ0n) is 34.1. The number of benzene rings is 8. The molecular weight excluding hydrogens is 751 g/mol. The average Bonchev–Trinajstić information content (AvgIpc) is 3.87. The largest absolute Gasteiger partial charge is 0.309 e. The first-order valence-electron chi connectivity index (χ1n) is 21.5. The van der Waals surface area contributed by atoms with Crippen molar-refractivity contribution in [2.24, 2.45) is 0 Å². The Balaban J connectivity index is 0.893. The molecule has 8 aromatic carbocycles. The van der Waals surface area contributed by atoms with Crippen LogP contribution in [0.4, 0.5) is 0 Å². The number of nitrogens with zero attached hydrogens (tertiary/aromatic N) is 3. The molecule has 1 aliphatic carbocycles. The molecule has 3 heteroatoms. The third-order valence-corrected chi connectivity index (χ3v) is 12.6. The number of hydrogen-bond acceptors (Lipinski definition) is 1. The van der Waals surface area contributed by atoms with Crippen molar-refractivity contribution < 1.29 is 0 Å². The van der Waals surface area contributed by atoms with Crippen LogP contribution in [0.25, 0.3) is 105 Å². The van der Waals surface area contributed by atoms with Crippen LogP contribution in [-0.4, -0.2) is 14.1 Å². The summed E-state index contributed by atoms with van der Waals surface area (Å²) < 4.78 is 4.74. The van der Waals surface area contributed by atoms with Crippen molar-refractivity contribution in [1.82, 2.24) is 14.1 Å². The lowest BCUT2D eigenvalue weighted by molar-refractivity contribution is 1.05. The lowest BCUT2D eigenvalue weighted by Crippen LogP contribution is -1.96. The van der Waals surface area contributed by atoms with Gasteiger partial charge in [0.25, 0.3) is 0 Å². The molecular formula is C59H41N3. The molecule has 0 fully saturated rings. The highest BCUT2D eigenvalue weighted by molar-refractivity contribution is 6.10. The lowest BCUT2D eigenvalue weighted by Gasteiger charge is -2.15. The van der Waals surface area contributed by atoms with Gasteiger partial charge in [0.2, 0.25) is 0 Å². The van der Waals surface area contributed by atoms with Gasteiger partial charge in [-0.1, -0.05) is 152 Å². The Labute approximate surface area is 360 Å². The number of rotatable bonds is 7. The first-order chi connectivity index (χ1) is 30.7. The molecule has 0 spiro atoms. The van der Waals surface area contributed by atoms with Gasteiger partial charge in [-0.3, -0.25) is 0 Å². The van der Waals surface area contributed by atoms with Crippen LogP contribution in [0, 0.1) is 0 Å². The SMILES string of the molecule is C1=CCCC(c2cc(-c3cccc(-c4ccc(-n5c6ccccc6c6ccccc65)cc4)c3)nc(-c3cccc(-c4ccc(-n5c6ccccc6c6ccccc65)cc4)c3)c2)=C1. The van der Waals surface area contributed by atoms with Gasteiger partial charge in [-0.15, -0.1) is 0 Å². The van der Waals surface area contributed by atoms with Crippen molar-refractivity contribution in [3.05, 3.63) is 230 Å². The highest BCUT2D eigenvalue weighted by atomic mass is 15.0. The second-order valence-corrected chi connectivity index (χ2v) is 16.3. The molecule has 0 N–H and O–H groups in total. The molecule has 0 radical (unpaired) electrons. The van der Waals surface area contributed by atoms with E-state index in [-0.39, 0.29) is 0 Å². The normalized spacial score (nSPS) is 12.7. The van der Waals surface area contributed by atoms with Crippen molar-refractivity contribution in [1.29, 1.82) is 0 Å². The Morgan fingerprint density at radius 1 is 0.339 bits per heavy atom. The van der Waals surface area contributed by atoms with Crippen molar-refractivity contribution in [2.45, 2.75) is 12.8 Å². The predicted octanol–water partition coefficient (Wildman–Crippen LogP) is 15.7. The highest BCUT2D eigenvalue weighted by Crippen LogP contribution is 2.37. The molecule has 3 aromatic heterocycles. The van der Waals surface area contributed by atoms with E-state index in [9.17, 15) is 0 Å². The van der Waals surface area contributed by atoms with E-state index in [1.807, 2.05) is 0 Å². The molecule has 0 saturated carbocycles. The molecule has 3 heterocycles. The number of para-hydroxylation sites is 4. The number of aromatic nitrogens is 3. The molecule has 0 amide bonds. The maximum Gasteiger partial charge on any atom is 0.0715 e. The Hall–Kier alpha value is -8.01. The minimum atomic E-state index is 0.970. The van der Waals surface area contributed by atoms with Crippen LogP contribution >= 0.6 is 0 Å². The number of allylic oxidation sites excluding steroid dienone is 4. The first-order valence-corrected chi connectivity index (χ1v) is 21.5. The number of hydrogen-bond donors (Lipinski definition) is 0. The van der Waals surface area contributed by atoms with Gasteiger partial charge in [0.15, 0.2) is 0 Å². The maximum atomic E-state index is 5.40. The van der Waals surface area contributed by atoms with Crippen LogP contribution in [0.1, 0.15) is 18.4 Å². The van der Waals surface area contributed by atoms with Gasteiger partial charge in [-0.05, 0) is 119 Å². The number of pyridine rings is 1. The first kappa shape index (κ1) is 35.9. The topological polar surface area (TPSA) is 22.8 Å². The standard InChI is InChI=1S/C59H41N3/c1-2-14-40(15-3-1)47-38-54(45-18-12-16-43(36-45)41-28-32-48(33-29-41)61-56-24-8-4-20-50(56)51-21-5-9-25-57(51)61)60-55(39-47)46-19-13-17-44(37-46)42-30-34-49(35-31-42)62-58-26-10-6-22-52(58)53-23-7-11-27-59(53)62/h1-2,4-14,16-39H,3,15H2. The fourth-order valence-corrected chi connectivity index (χ4v) is 9.58. The van der Waals surface area contributed by atoms with Crippen LogP contribution in [0.3, 0.4) is 0 Å². The minimum absolute atomic E-state index is 0.970. The summed E-state index contributed by atoms with van der Waals surface area (Å²) >= 11 is 0. The van der Waals surface area contributed by atoms with Crippen LogP contribution in [-0.2, 0) is 0 Å². The van der Waals surface area contributed by atoms with E-state index in [1.165, 1.54) is 65.9 Å². The van der Waals surface area contributed by atoms with E-state index in [1.54, 1.807) is 0 Å². The van der Waals surface area contributed by atoms with Gasteiger partial charge in [-0.25, -0.2) is 4.98 Å². The van der Waals surface area contributed by atoms with Gasteiger partial charge in [0.1, 0.15) is 0 Å². The van der Waals surface area contributed by atoms with Crippen molar-refractivity contribution in [2.75, 3.05) is 0 Å². The van der Waals surface area contributed by atoms with E-state index < -0.39 is 0 Å². The summed E-state index contributed by atoms with van der Waals surface area (Å²) in [6.45, 7) is 0. The minimum Gasteiger partial charge on any atom is -0.309 e. The smallest absolute Gasteiger partial charge is 0.0715 e. The summed E-state index contributed by atoms with van der Waals surface area (Å²) in [7, 11) is 0. The molecule has 292 valence electrons. The van der Waals surface area contributed by atoms with E-state index in [0.29, 0.717) is 0 Å². The van der Waals surface area contributed by atoms with E-state index >= 15 is 0 Å². The summed E-state index contributed by atoms with van der Waals surface area (Å²) in [6.07, 6.45) is 8.75. The Kier molecular flexibility index (Phi) is 8.64. The number of fused-ring (bicyclic) bond motifs is 6. The fraction of sp³-hybridized carbons (Fsp3) is 0.0339. The molecule has 3 nitrogen and oxygen atoms in total. The molecule has 11 aromatic rings. The molecule has 62 heavy (non-hydrogen) atoms. The second-order valence-electron chi connectivity index (χ2n) is 16.3. The Bertz CT molecular complexity index is 3230. The molecule has 0 bridgehead atoms. The van der Waals surface area contributed by atoms with Crippen LogP contribution in [0.2, 0.25) is 0 Å². The van der Waals surface area contributed by atoms with Gasteiger partial charge < -0.3 is 9.13 Å². The summed E-state index contributed by atoms with van der Waals surface area (Å²) in [5.74, 6) is 0. The zero-order chi connectivity index (χ0) is 41.0. The summed E-state index contributed by atoms with van der Waals surface area (Å²) in [5, 5.41) is 5.08. The van der Waals surface area contributed by atoms with Crippen LogP contribution < -0.4 is 0 Å². The summed E-state index contributed by atoms with van der Waals surface area (Å²) in [5.41, 5.74) is 18.5. The van der Waals surface area contributed by atoms with E-state index in [4.69, 9.17) is 4.98 Å². The molecule has 0 unspecified atom stereocenters. The molecule has 0 atom stereocenters. The second kappa shape index (κ2) is 14.9. The fourth-order valence-electron chi connectivity index (χ4n) is 9.58. The van der Waals surface area contributed by atoms with Crippen molar-refractivity contribution >= 4 is 49.2 Å². The summed E-state index contributed by atoms with van der Waals surface area (Å²) in [4.78, 5) is 5.40. The maximum absolute atomic E-state index is 5.40. The third-order valence-electron chi connectivity index (χ3n) is 12.6. The van der Waals surface area contributed by atoms with Gasteiger partial charge >= 0.3 is 0 Å². The molecule has 12 rings (SSSR count).